The molecule has 144 valence electrons. The highest BCUT2D eigenvalue weighted by Gasteiger charge is 2.15. The van der Waals surface area contributed by atoms with Crippen molar-refractivity contribution in [2.45, 2.75) is 25.7 Å². The third-order valence-corrected chi connectivity index (χ3v) is 5.57. The van der Waals surface area contributed by atoms with Gasteiger partial charge in [0.05, 0.1) is 4.90 Å². The lowest BCUT2D eigenvalue weighted by Gasteiger charge is -2.10. The minimum absolute atomic E-state index is 0.0944. The van der Waals surface area contributed by atoms with E-state index < -0.39 is 10.0 Å². The molecule has 0 atom stereocenters. The summed E-state index contributed by atoms with van der Waals surface area (Å²) in [6, 6.07) is 18.8. The quantitative estimate of drug-likeness (QED) is 0.661. The van der Waals surface area contributed by atoms with Gasteiger partial charge in [-0.25, -0.2) is 8.42 Å². The Bertz CT molecular complexity index is 1100. The lowest BCUT2D eigenvalue weighted by molar-refractivity contribution is 0.102. The molecule has 0 radical (unpaired) electrons. The maximum absolute atomic E-state index is 12.5. The van der Waals surface area contributed by atoms with E-state index in [-0.39, 0.29) is 10.8 Å². The molecule has 0 spiro atoms. The van der Waals surface area contributed by atoms with Crippen molar-refractivity contribution in [2.24, 2.45) is 0 Å². The van der Waals surface area contributed by atoms with Gasteiger partial charge in [0.1, 0.15) is 0 Å². The van der Waals surface area contributed by atoms with E-state index in [0.29, 0.717) is 16.9 Å². The summed E-state index contributed by atoms with van der Waals surface area (Å²) >= 11 is 0. The Morgan fingerprint density at radius 3 is 1.96 bits per heavy atom. The van der Waals surface area contributed by atoms with Crippen LogP contribution in [0.1, 0.15) is 27.0 Å². The number of sulfonamides is 1. The van der Waals surface area contributed by atoms with E-state index >= 15 is 0 Å². The number of hydrogen-bond acceptors (Lipinski definition) is 3. The predicted molar refractivity (Wildman–Crippen MR) is 112 cm³/mol. The SMILES string of the molecule is Cc1cc(C)cc(NC(=O)c2ccc(S(=O)(=O)Nc3cccc(C)c3)cc2)c1. The van der Waals surface area contributed by atoms with Crippen LogP contribution in [-0.2, 0) is 10.0 Å². The van der Waals surface area contributed by atoms with Gasteiger partial charge in [-0.2, -0.15) is 0 Å². The second-order valence-corrected chi connectivity index (χ2v) is 8.51. The Morgan fingerprint density at radius 2 is 1.36 bits per heavy atom. The molecule has 0 heterocycles. The third kappa shape index (κ3) is 4.78. The van der Waals surface area contributed by atoms with Crippen LogP contribution in [-0.4, -0.2) is 14.3 Å². The fourth-order valence-corrected chi connectivity index (χ4v) is 4.01. The molecule has 0 aliphatic carbocycles. The molecule has 0 fully saturated rings. The van der Waals surface area contributed by atoms with Crippen LogP contribution in [0.4, 0.5) is 11.4 Å². The molecule has 3 rings (SSSR count). The summed E-state index contributed by atoms with van der Waals surface area (Å²) in [7, 11) is -3.72. The number of carbonyl (C=O) groups excluding carboxylic acids is 1. The number of amides is 1. The molecule has 0 aliphatic heterocycles. The smallest absolute Gasteiger partial charge is 0.261 e. The highest BCUT2D eigenvalue weighted by molar-refractivity contribution is 7.92. The van der Waals surface area contributed by atoms with Gasteiger partial charge < -0.3 is 5.32 Å². The van der Waals surface area contributed by atoms with Crippen LogP contribution in [0, 0.1) is 20.8 Å². The summed E-state index contributed by atoms with van der Waals surface area (Å²) in [6.45, 7) is 5.81. The summed E-state index contributed by atoms with van der Waals surface area (Å²) in [5.74, 6) is -0.291. The van der Waals surface area contributed by atoms with Crippen molar-refractivity contribution in [1.82, 2.24) is 0 Å². The number of nitrogens with one attached hydrogen (secondary N) is 2. The average molecular weight is 394 g/mol. The minimum atomic E-state index is -3.72. The first-order valence-electron chi connectivity index (χ1n) is 8.82. The predicted octanol–water partition coefficient (Wildman–Crippen LogP) is 4.66. The van der Waals surface area contributed by atoms with Gasteiger partial charge in [-0.3, -0.25) is 9.52 Å². The maximum atomic E-state index is 12.5. The fraction of sp³-hybridized carbons (Fsp3) is 0.136. The molecule has 5 nitrogen and oxygen atoms in total. The van der Waals surface area contributed by atoms with Gasteiger partial charge in [-0.15, -0.1) is 0 Å². The van der Waals surface area contributed by atoms with Crippen LogP contribution >= 0.6 is 0 Å². The second kappa shape index (κ2) is 7.86. The van der Waals surface area contributed by atoms with E-state index in [1.54, 1.807) is 18.2 Å². The van der Waals surface area contributed by atoms with Gasteiger partial charge in [-0.1, -0.05) is 18.2 Å². The Hall–Kier alpha value is -3.12. The fourth-order valence-electron chi connectivity index (χ4n) is 2.96. The standard InChI is InChI=1S/C22H22N2O3S/c1-15-5-4-6-19(12-15)24-28(26,27)21-9-7-18(8-10-21)22(25)23-20-13-16(2)11-17(3)14-20/h4-14,24H,1-3H3,(H,23,25). The second-order valence-electron chi connectivity index (χ2n) is 6.83. The molecule has 0 aliphatic rings. The van der Waals surface area contributed by atoms with E-state index in [0.717, 1.165) is 16.7 Å². The molecule has 0 unspecified atom stereocenters. The zero-order valence-corrected chi connectivity index (χ0v) is 16.8. The molecule has 28 heavy (non-hydrogen) atoms. The average Bonchev–Trinajstić information content (AvgIpc) is 2.60. The van der Waals surface area contributed by atoms with Crippen LogP contribution in [0.2, 0.25) is 0 Å². The molecular formula is C22H22N2O3S. The summed E-state index contributed by atoms with van der Waals surface area (Å²) in [5, 5.41) is 2.84. The van der Waals surface area contributed by atoms with Crippen molar-refractivity contribution in [3.8, 4) is 0 Å². The number of aryl methyl sites for hydroxylation is 3. The van der Waals surface area contributed by atoms with E-state index in [2.05, 4.69) is 10.0 Å². The molecular weight excluding hydrogens is 372 g/mol. The van der Waals surface area contributed by atoms with Crippen LogP contribution in [0.15, 0.2) is 71.6 Å². The highest BCUT2D eigenvalue weighted by atomic mass is 32.2. The third-order valence-electron chi connectivity index (χ3n) is 4.18. The van der Waals surface area contributed by atoms with E-state index in [4.69, 9.17) is 0 Å². The van der Waals surface area contributed by atoms with Gasteiger partial charge >= 0.3 is 0 Å². The van der Waals surface area contributed by atoms with Crippen molar-refractivity contribution >= 4 is 27.3 Å². The maximum Gasteiger partial charge on any atom is 0.261 e. The number of benzene rings is 3. The Balaban J connectivity index is 1.75. The molecule has 0 aromatic heterocycles. The Kier molecular flexibility index (Phi) is 5.51. The van der Waals surface area contributed by atoms with E-state index in [1.165, 1.54) is 24.3 Å². The molecule has 3 aromatic carbocycles. The summed E-state index contributed by atoms with van der Waals surface area (Å²) < 4.78 is 27.6. The first kappa shape index (κ1) is 19.6. The van der Waals surface area contributed by atoms with Crippen molar-refractivity contribution < 1.29 is 13.2 Å². The normalized spacial score (nSPS) is 11.1. The van der Waals surface area contributed by atoms with Crippen LogP contribution in [0.5, 0.6) is 0 Å². The number of rotatable bonds is 5. The van der Waals surface area contributed by atoms with Crippen molar-refractivity contribution in [3.05, 3.63) is 89.0 Å². The van der Waals surface area contributed by atoms with E-state index in [1.807, 2.05) is 45.0 Å². The van der Waals surface area contributed by atoms with Crippen molar-refractivity contribution in [1.29, 1.82) is 0 Å². The largest absolute Gasteiger partial charge is 0.322 e. The lowest BCUT2D eigenvalue weighted by Crippen LogP contribution is -2.15. The molecule has 1 amide bonds. The zero-order chi connectivity index (χ0) is 20.3. The van der Waals surface area contributed by atoms with Gasteiger partial charge in [0.25, 0.3) is 15.9 Å². The van der Waals surface area contributed by atoms with Gasteiger partial charge in [-0.05, 0) is 86.0 Å². The van der Waals surface area contributed by atoms with Gasteiger partial charge in [0.15, 0.2) is 0 Å². The molecule has 0 saturated heterocycles. The minimum Gasteiger partial charge on any atom is -0.322 e. The Morgan fingerprint density at radius 1 is 0.750 bits per heavy atom. The molecule has 0 saturated carbocycles. The monoisotopic (exact) mass is 394 g/mol. The number of carbonyl (C=O) groups is 1. The number of anilines is 2. The van der Waals surface area contributed by atoms with Gasteiger partial charge in [0.2, 0.25) is 0 Å². The molecule has 2 N–H and O–H groups in total. The van der Waals surface area contributed by atoms with Crippen LogP contribution in [0.25, 0.3) is 0 Å². The zero-order valence-electron chi connectivity index (χ0n) is 16.0. The number of hydrogen-bond donors (Lipinski definition) is 2. The molecule has 3 aromatic rings. The summed E-state index contributed by atoms with van der Waals surface area (Å²) in [4.78, 5) is 12.5. The molecule has 0 bridgehead atoms. The van der Waals surface area contributed by atoms with Crippen LogP contribution in [0.3, 0.4) is 0 Å². The summed E-state index contributed by atoms with van der Waals surface area (Å²) in [6.07, 6.45) is 0. The lowest BCUT2D eigenvalue weighted by atomic mass is 10.1. The van der Waals surface area contributed by atoms with E-state index in [9.17, 15) is 13.2 Å². The Labute approximate surface area is 165 Å². The van der Waals surface area contributed by atoms with Crippen molar-refractivity contribution in [2.75, 3.05) is 10.0 Å². The van der Waals surface area contributed by atoms with Crippen molar-refractivity contribution in [3.63, 3.8) is 0 Å². The molecule has 6 heteroatoms. The first-order chi connectivity index (χ1) is 13.2. The topological polar surface area (TPSA) is 75.3 Å². The highest BCUT2D eigenvalue weighted by Crippen LogP contribution is 2.19. The summed E-state index contributed by atoms with van der Waals surface area (Å²) in [5.41, 5.74) is 4.65. The first-order valence-corrected chi connectivity index (χ1v) is 10.3. The van der Waals surface area contributed by atoms with Gasteiger partial charge in [0, 0.05) is 16.9 Å². The van der Waals surface area contributed by atoms with Crippen LogP contribution < -0.4 is 10.0 Å².